The maximum absolute atomic E-state index is 13.3. The molecule has 0 spiro atoms. The first-order valence-electron chi connectivity index (χ1n) is 11.8. The molecule has 0 fully saturated rings. The SMILES string of the molecule is CCOc1nn2c(N)[n+](CC(=O)c3cc(OCCO)cc(C(C)(C)C)c3)nc2c(CC)c1CC. The van der Waals surface area contributed by atoms with Crippen molar-refractivity contribution in [3.05, 3.63) is 40.5 Å². The van der Waals surface area contributed by atoms with Crippen LogP contribution in [0.2, 0.25) is 0 Å². The summed E-state index contributed by atoms with van der Waals surface area (Å²) >= 11 is 0. The lowest BCUT2D eigenvalue weighted by Crippen LogP contribution is -2.42. The van der Waals surface area contributed by atoms with Gasteiger partial charge in [0.1, 0.15) is 12.4 Å². The minimum atomic E-state index is -0.185. The van der Waals surface area contributed by atoms with E-state index in [0.29, 0.717) is 29.4 Å². The Labute approximate surface area is 200 Å². The number of aryl methyl sites for hydroxylation is 1. The van der Waals surface area contributed by atoms with Gasteiger partial charge in [-0.1, -0.05) is 49.3 Å². The molecule has 0 radical (unpaired) electrons. The number of hydrogen-bond acceptors (Lipinski definition) is 7. The highest BCUT2D eigenvalue weighted by Gasteiger charge is 2.27. The van der Waals surface area contributed by atoms with Crippen molar-refractivity contribution < 1.29 is 24.1 Å². The summed E-state index contributed by atoms with van der Waals surface area (Å²) in [6, 6.07) is 5.47. The molecule has 0 saturated carbocycles. The number of aliphatic hydroxyl groups excluding tert-OH is 1. The second-order valence-corrected chi connectivity index (χ2v) is 9.14. The zero-order valence-corrected chi connectivity index (χ0v) is 21.0. The van der Waals surface area contributed by atoms with Crippen molar-refractivity contribution in [2.24, 2.45) is 0 Å². The van der Waals surface area contributed by atoms with Crippen molar-refractivity contribution in [2.45, 2.75) is 66.3 Å². The lowest BCUT2D eigenvalue weighted by molar-refractivity contribution is -0.723. The van der Waals surface area contributed by atoms with Gasteiger partial charge in [0.2, 0.25) is 0 Å². The van der Waals surface area contributed by atoms with Crippen LogP contribution in [0, 0.1) is 0 Å². The van der Waals surface area contributed by atoms with E-state index in [-0.39, 0.29) is 36.9 Å². The number of benzene rings is 1. The summed E-state index contributed by atoms with van der Waals surface area (Å²) in [6.45, 7) is 12.7. The van der Waals surface area contributed by atoms with Gasteiger partial charge in [0, 0.05) is 16.7 Å². The standard InChI is InChI=1S/C25H35N5O4/c1-7-19-20(8-2)23(33-9-3)28-30-22(19)27-29(24(30)26)15-21(32)16-12-17(25(4,5)6)14-18(13-16)34-11-10-31/h12-14,26,31H,7-11,15H2,1-6H3/p+1. The monoisotopic (exact) mass is 470 g/mol. The molecule has 1 aromatic carbocycles. The highest BCUT2D eigenvalue weighted by atomic mass is 16.5. The number of carbonyl (C=O) groups is 1. The maximum atomic E-state index is 13.3. The Bertz CT molecular complexity index is 1180. The Morgan fingerprint density at radius 1 is 1.12 bits per heavy atom. The average Bonchev–Trinajstić information content (AvgIpc) is 3.11. The van der Waals surface area contributed by atoms with Crippen molar-refractivity contribution in [1.82, 2.24) is 14.7 Å². The van der Waals surface area contributed by atoms with Gasteiger partial charge in [0.05, 0.1) is 13.2 Å². The third-order valence-electron chi connectivity index (χ3n) is 5.72. The van der Waals surface area contributed by atoms with E-state index >= 15 is 0 Å². The second-order valence-electron chi connectivity index (χ2n) is 9.14. The van der Waals surface area contributed by atoms with E-state index in [1.54, 1.807) is 10.6 Å². The summed E-state index contributed by atoms with van der Waals surface area (Å²) in [5.41, 5.74) is 10.3. The number of nitrogen functional groups attached to an aromatic ring is 1. The van der Waals surface area contributed by atoms with E-state index in [4.69, 9.17) is 20.3 Å². The van der Waals surface area contributed by atoms with Crippen LogP contribution in [-0.2, 0) is 24.8 Å². The Balaban J connectivity index is 2.04. The summed E-state index contributed by atoms with van der Waals surface area (Å²) < 4.78 is 14.4. The molecule has 2 heterocycles. The quantitative estimate of drug-likeness (QED) is 0.346. The van der Waals surface area contributed by atoms with Gasteiger partial charge >= 0.3 is 5.95 Å². The van der Waals surface area contributed by atoms with Crippen molar-refractivity contribution in [1.29, 1.82) is 0 Å². The second kappa shape index (κ2) is 10.4. The van der Waals surface area contributed by atoms with Crippen LogP contribution in [0.4, 0.5) is 5.95 Å². The van der Waals surface area contributed by atoms with Crippen LogP contribution in [0.3, 0.4) is 0 Å². The third kappa shape index (κ3) is 5.14. The topological polar surface area (TPSA) is 116 Å². The molecule has 0 aliphatic rings. The molecule has 34 heavy (non-hydrogen) atoms. The van der Waals surface area contributed by atoms with E-state index in [1.807, 2.05) is 19.1 Å². The summed E-state index contributed by atoms with van der Waals surface area (Å²) in [7, 11) is 0. The molecule has 0 saturated heterocycles. The molecule has 0 unspecified atom stereocenters. The predicted molar refractivity (Wildman–Crippen MR) is 130 cm³/mol. The first kappa shape index (κ1) is 25.4. The van der Waals surface area contributed by atoms with Crippen LogP contribution >= 0.6 is 0 Å². The number of nitrogens with two attached hydrogens (primary N) is 1. The lowest BCUT2D eigenvalue weighted by Gasteiger charge is -2.21. The molecule has 3 rings (SSSR count). The number of aromatic nitrogens is 4. The molecule has 3 N–H and O–H groups in total. The first-order valence-corrected chi connectivity index (χ1v) is 11.8. The number of rotatable bonds is 10. The average molecular weight is 471 g/mol. The van der Waals surface area contributed by atoms with Crippen molar-refractivity contribution in [2.75, 3.05) is 25.6 Å². The Hall–Kier alpha value is -3.20. The highest BCUT2D eigenvalue weighted by Crippen LogP contribution is 2.28. The number of fused-ring (bicyclic) bond motifs is 1. The Morgan fingerprint density at radius 2 is 1.82 bits per heavy atom. The molecular formula is C25H36N5O4+. The molecule has 0 aliphatic carbocycles. The summed E-state index contributed by atoms with van der Waals surface area (Å²) in [6.07, 6.45) is 1.49. The first-order chi connectivity index (χ1) is 16.1. The van der Waals surface area contributed by atoms with Crippen LogP contribution in [0.25, 0.3) is 5.65 Å². The summed E-state index contributed by atoms with van der Waals surface area (Å²) in [5, 5.41) is 18.4. The van der Waals surface area contributed by atoms with Crippen LogP contribution in [0.5, 0.6) is 11.6 Å². The van der Waals surface area contributed by atoms with E-state index < -0.39 is 0 Å². The van der Waals surface area contributed by atoms with Crippen LogP contribution in [-0.4, -0.2) is 45.4 Å². The number of Topliss-reactive ketones (excluding diaryl/α,β-unsaturated/α-hetero) is 1. The van der Waals surface area contributed by atoms with E-state index in [1.165, 1.54) is 4.68 Å². The number of carbonyl (C=O) groups excluding carboxylic acids is 1. The molecule has 9 nitrogen and oxygen atoms in total. The fraction of sp³-hybridized carbons (Fsp3) is 0.520. The third-order valence-corrected chi connectivity index (χ3v) is 5.72. The largest absolute Gasteiger partial charge is 0.491 e. The zero-order valence-electron chi connectivity index (χ0n) is 21.0. The van der Waals surface area contributed by atoms with E-state index in [0.717, 1.165) is 29.5 Å². The molecule has 0 amide bonds. The number of ketones is 1. The number of nitrogens with zero attached hydrogens (tertiary/aromatic N) is 4. The van der Waals surface area contributed by atoms with Gasteiger partial charge in [0.25, 0.3) is 11.5 Å². The molecule has 184 valence electrons. The van der Waals surface area contributed by atoms with Gasteiger partial charge in [-0.15, -0.1) is 4.68 Å². The van der Waals surface area contributed by atoms with Crippen LogP contribution < -0.4 is 19.9 Å². The van der Waals surface area contributed by atoms with Crippen molar-refractivity contribution in [3.63, 3.8) is 0 Å². The molecule has 9 heteroatoms. The van der Waals surface area contributed by atoms with Crippen molar-refractivity contribution >= 4 is 17.4 Å². The predicted octanol–water partition coefficient (Wildman–Crippen LogP) is 2.67. The lowest BCUT2D eigenvalue weighted by atomic mass is 9.85. The molecule has 2 aromatic heterocycles. The fourth-order valence-corrected chi connectivity index (χ4v) is 3.90. The van der Waals surface area contributed by atoms with E-state index in [2.05, 4.69) is 44.8 Å². The molecular weight excluding hydrogens is 434 g/mol. The molecule has 3 aromatic rings. The molecule has 0 bridgehead atoms. The fourth-order valence-electron chi connectivity index (χ4n) is 3.90. The highest BCUT2D eigenvalue weighted by molar-refractivity contribution is 5.95. The van der Waals surface area contributed by atoms with Gasteiger partial charge < -0.3 is 14.6 Å². The number of anilines is 1. The Kier molecular flexibility index (Phi) is 7.76. The van der Waals surface area contributed by atoms with Gasteiger partial charge in [-0.3, -0.25) is 10.5 Å². The zero-order chi connectivity index (χ0) is 25.0. The van der Waals surface area contributed by atoms with Gasteiger partial charge in [-0.2, -0.15) is 0 Å². The number of hydrogen-bond donors (Lipinski definition) is 2. The van der Waals surface area contributed by atoms with Gasteiger partial charge in [0.15, 0.2) is 12.3 Å². The summed E-state index contributed by atoms with van der Waals surface area (Å²) in [4.78, 5) is 13.3. The number of ether oxygens (including phenoxy) is 2. The maximum Gasteiger partial charge on any atom is 0.401 e. The van der Waals surface area contributed by atoms with E-state index in [9.17, 15) is 4.79 Å². The van der Waals surface area contributed by atoms with Crippen LogP contribution in [0.1, 0.15) is 68.6 Å². The minimum Gasteiger partial charge on any atom is -0.491 e. The molecule has 0 atom stereocenters. The normalized spacial score (nSPS) is 11.7. The Morgan fingerprint density at radius 3 is 2.41 bits per heavy atom. The summed E-state index contributed by atoms with van der Waals surface area (Å²) in [5.74, 6) is 1.19. The van der Waals surface area contributed by atoms with Gasteiger partial charge in [-0.25, -0.2) is 0 Å². The van der Waals surface area contributed by atoms with Crippen molar-refractivity contribution in [3.8, 4) is 11.6 Å². The minimum absolute atomic E-state index is 0.0448. The van der Waals surface area contributed by atoms with Gasteiger partial charge in [-0.05, 0) is 48.9 Å². The number of aliphatic hydroxyl groups is 1. The smallest absolute Gasteiger partial charge is 0.401 e. The molecule has 0 aliphatic heterocycles. The van der Waals surface area contributed by atoms with Crippen LogP contribution in [0.15, 0.2) is 18.2 Å².